The smallest absolute Gasteiger partial charge is 2.00 e. The Labute approximate surface area is 81.6 Å². The summed E-state index contributed by atoms with van der Waals surface area (Å²) in [5.41, 5.74) is 0. The van der Waals surface area contributed by atoms with Crippen molar-refractivity contribution in [2.75, 3.05) is 0 Å². The van der Waals surface area contributed by atoms with Crippen molar-refractivity contribution in [3.63, 3.8) is 0 Å². The van der Waals surface area contributed by atoms with Gasteiger partial charge in [0, 0.05) is 17.1 Å². The van der Waals surface area contributed by atoms with Crippen LogP contribution >= 0.6 is 0 Å². The molecule has 0 aliphatic rings. The van der Waals surface area contributed by atoms with Crippen LogP contribution in [0.5, 0.6) is 0 Å². The maximum Gasteiger partial charge on any atom is 2.00 e. The van der Waals surface area contributed by atoms with Gasteiger partial charge in [0.05, 0.1) is 0 Å². The van der Waals surface area contributed by atoms with Crippen LogP contribution < -0.4 is 37.7 Å². The van der Waals surface area contributed by atoms with Crippen LogP contribution in [0.1, 0.15) is 0 Å². The third-order valence-electron chi connectivity index (χ3n) is 0. The molecule has 0 saturated carbocycles. The Morgan fingerprint density at radius 1 is 0.667 bits per heavy atom. The Balaban J connectivity index is 0. The minimum atomic E-state index is 0. The molecule has 0 amide bonds. The van der Waals surface area contributed by atoms with Crippen molar-refractivity contribution in [3.8, 4) is 0 Å². The topological polar surface area (TPSA) is 57.0 Å². The predicted octanol–water partition coefficient (Wildman–Crippen LogP) is -6.23. The normalized spacial score (nSPS) is 0. The van der Waals surface area contributed by atoms with Gasteiger partial charge in [-0.2, -0.15) is 0 Å². The average molecular weight is 160 g/mol. The van der Waals surface area contributed by atoms with Gasteiger partial charge in [-0.15, -0.1) is 0 Å². The van der Waals surface area contributed by atoms with E-state index in [0.29, 0.717) is 0 Å². The third-order valence-corrected chi connectivity index (χ3v) is 0. The Morgan fingerprint density at radius 3 is 0.667 bits per heavy atom. The van der Waals surface area contributed by atoms with Crippen molar-refractivity contribution in [1.29, 1.82) is 0 Å². The molecule has 0 N–H and O–H groups in total. The zero-order valence-corrected chi connectivity index (χ0v) is 5.68. The van der Waals surface area contributed by atoms with Crippen LogP contribution in [0.2, 0.25) is 0 Å². The average Bonchev–Trinajstić information content (AvgIpc) is 0. The van der Waals surface area contributed by atoms with E-state index in [1.807, 2.05) is 0 Å². The van der Waals surface area contributed by atoms with Gasteiger partial charge in [0.1, 0.15) is 0 Å². The van der Waals surface area contributed by atoms with E-state index in [1.54, 1.807) is 0 Å². The van der Waals surface area contributed by atoms with Gasteiger partial charge in [-0.1, -0.05) is 0 Å². The van der Waals surface area contributed by atoms with Crippen molar-refractivity contribution in [2.24, 2.45) is 0 Å². The van der Waals surface area contributed by atoms with Crippen LogP contribution in [0.4, 0.5) is 0 Å². The summed E-state index contributed by atoms with van der Waals surface area (Å²) in [5.74, 6) is 0. The van der Waals surface area contributed by atoms with Gasteiger partial charge in [0.25, 0.3) is 0 Å². The Bertz CT molecular complexity index is 11.5. The summed E-state index contributed by atoms with van der Waals surface area (Å²) in [4.78, 5) is 0. The van der Waals surface area contributed by atoms with Gasteiger partial charge in [0.15, 0.2) is 0 Å². The van der Waals surface area contributed by atoms with Crippen LogP contribution in [0.3, 0.4) is 0 Å². The second-order valence-electron chi connectivity index (χ2n) is 0. The second kappa shape index (κ2) is 59.1. The Morgan fingerprint density at radius 2 is 0.667 bits per heavy atom. The summed E-state index contributed by atoms with van der Waals surface area (Å²) in [6.07, 6.45) is 0. The zero-order valence-electron chi connectivity index (χ0n) is 3.51. The number of hydrogen-bond acceptors (Lipinski definition) is 0. The molecule has 6 heavy (non-hydrogen) atoms. The molecule has 0 rings (SSSR count). The van der Waals surface area contributed by atoms with Crippen LogP contribution in [0.15, 0.2) is 0 Å². The molecule has 2 nitrogen and oxygen atoms in total. The zero-order chi connectivity index (χ0) is 0. The summed E-state index contributed by atoms with van der Waals surface area (Å²) in [6.45, 7) is 0. The van der Waals surface area contributed by atoms with Crippen LogP contribution in [-0.4, -0.2) is 0 Å². The first-order chi connectivity index (χ1) is 0. The van der Waals surface area contributed by atoms with E-state index in [0.717, 1.165) is 0 Å². The van der Waals surface area contributed by atoms with Gasteiger partial charge in [-0.05, 0) is 0 Å². The molecule has 0 aromatic rings. The SMILES string of the molecule is [Li+].[Li+].[Mn].[Ni+2].[O-2].[O-2]. The first kappa shape index (κ1) is 91.2. The second-order valence-corrected chi connectivity index (χ2v) is 0. The van der Waals surface area contributed by atoms with Crippen molar-refractivity contribution < 1.29 is 82.2 Å². The molecule has 1 radical (unpaired) electrons. The standard InChI is InChI=1S/2Li.Mn.Ni.2O/q2*+1;;+2;2*-2. The van der Waals surface area contributed by atoms with Gasteiger partial charge >= 0.3 is 54.2 Å². The Hall–Kier alpha value is 2.13. The minimum Gasteiger partial charge on any atom is -2.00 e. The van der Waals surface area contributed by atoms with Gasteiger partial charge in [-0.25, -0.2) is 0 Å². The van der Waals surface area contributed by atoms with Crippen LogP contribution in [0.25, 0.3) is 0 Å². The van der Waals surface area contributed by atoms with Crippen molar-refractivity contribution in [1.82, 2.24) is 0 Å². The van der Waals surface area contributed by atoms with Gasteiger partial charge in [0.2, 0.25) is 0 Å². The van der Waals surface area contributed by atoms with E-state index < -0.39 is 0 Å². The fourth-order valence-corrected chi connectivity index (χ4v) is 0. The summed E-state index contributed by atoms with van der Waals surface area (Å²) in [6, 6.07) is 0. The minimum absolute atomic E-state index is 0. The monoisotopic (exact) mass is 159 g/mol. The maximum absolute atomic E-state index is 0. The van der Waals surface area contributed by atoms with Crippen molar-refractivity contribution in [3.05, 3.63) is 0 Å². The summed E-state index contributed by atoms with van der Waals surface area (Å²) < 4.78 is 0. The van der Waals surface area contributed by atoms with E-state index in [-0.39, 0.29) is 82.2 Å². The molecule has 6 heteroatoms. The maximum atomic E-state index is 0. The van der Waals surface area contributed by atoms with E-state index in [9.17, 15) is 0 Å². The fraction of sp³-hybridized carbons (Fsp3) is 0. The molecule has 0 aliphatic carbocycles. The van der Waals surface area contributed by atoms with Gasteiger partial charge < -0.3 is 11.0 Å². The molecular formula is Li2MnNiO2. The number of rotatable bonds is 0. The third kappa shape index (κ3) is 35.6. The summed E-state index contributed by atoms with van der Waals surface area (Å²) in [5, 5.41) is 0. The van der Waals surface area contributed by atoms with Crippen LogP contribution in [-0.2, 0) is 44.5 Å². The first-order valence-electron chi connectivity index (χ1n) is 0. The molecule has 0 atom stereocenters. The Kier molecular flexibility index (Phi) is 899. The quantitative estimate of drug-likeness (QED) is 0.316. The van der Waals surface area contributed by atoms with Crippen molar-refractivity contribution in [2.45, 2.75) is 0 Å². The molecule has 0 aliphatic heterocycles. The summed E-state index contributed by atoms with van der Waals surface area (Å²) >= 11 is 0. The molecule has 0 bridgehead atoms. The molecule has 31 valence electrons. The molecule has 0 heterocycles. The largest absolute Gasteiger partial charge is 2.00 e. The molecule has 0 aromatic heterocycles. The van der Waals surface area contributed by atoms with Crippen molar-refractivity contribution >= 4 is 0 Å². The molecule has 0 unspecified atom stereocenters. The molecule has 0 saturated heterocycles. The van der Waals surface area contributed by atoms with Gasteiger partial charge in [-0.3, -0.25) is 0 Å². The first-order valence-corrected chi connectivity index (χ1v) is 0. The molecule has 0 aromatic carbocycles. The molecule has 0 fully saturated rings. The van der Waals surface area contributed by atoms with E-state index >= 15 is 0 Å². The molecular weight excluding hydrogens is 160 g/mol. The molecule has 0 spiro atoms. The summed E-state index contributed by atoms with van der Waals surface area (Å²) in [7, 11) is 0. The van der Waals surface area contributed by atoms with E-state index in [4.69, 9.17) is 0 Å². The number of hydrogen-bond donors (Lipinski definition) is 0. The predicted molar refractivity (Wildman–Crippen MR) is 1.37 cm³/mol. The van der Waals surface area contributed by atoms with Crippen LogP contribution in [0, 0.1) is 0 Å². The fourth-order valence-electron chi connectivity index (χ4n) is 0. The van der Waals surface area contributed by atoms with E-state index in [1.165, 1.54) is 0 Å². The van der Waals surface area contributed by atoms with E-state index in [2.05, 4.69) is 0 Å².